The molecular weight excluding hydrogens is 361 g/mol. The Hall–Kier alpha value is -1.96. The van der Waals surface area contributed by atoms with Crippen molar-refractivity contribution in [2.45, 2.75) is 6.42 Å². The SMILES string of the molecule is COCCCN1C(=O)C(=Cc2ccc(-c3ccc(F)cc3)o2)SC1=S. The van der Waals surface area contributed by atoms with Gasteiger partial charge in [0.25, 0.3) is 5.91 Å². The number of hydrogen-bond acceptors (Lipinski definition) is 5. The fraction of sp³-hybridized carbons (Fsp3) is 0.222. The summed E-state index contributed by atoms with van der Waals surface area (Å²) in [5, 5.41) is 0. The molecule has 0 atom stereocenters. The van der Waals surface area contributed by atoms with Crippen LogP contribution in [0.3, 0.4) is 0 Å². The predicted octanol–water partition coefficient (Wildman–Crippen LogP) is 4.32. The molecular formula is C18H16FNO3S2. The van der Waals surface area contributed by atoms with Gasteiger partial charge in [-0.3, -0.25) is 9.69 Å². The lowest BCUT2D eigenvalue weighted by Gasteiger charge is -2.13. The number of amides is 1. The van der Waals surface area contributed by atoms with Crippen molar-refractivity contribution in [1.82, 2.24) is 4.90 Å². The number of thioether (sulfide) groups is 1. The van der Waals surface area contributed by atoms with Crippen LogP contribution in [0.1, 0.15) is 12.2 Å². The predicted molar refractivity (Wildman–Crippen MR) is 100 cm³/mol. The van der Waals surface area contributed by atoms with Crippen molar-refractivity contribution < 1.29 is 18.3 Å². The molecule has 1 aromatic carbocycles. The van der Waals surface area contributed by atoms with Gasteiger partial charge in [-0.05, 0) is 42.8 Å². The van der Waals surface area contributed by atoms with Crippen molar-refractivity contribution in [3.63, 3.8) is 0 Å². The number of nitrogens with zero attached hydrogens (tertiary/aromatic N) is 1. The minimum absolute atomic E-state index is 0.120. The maximum atomic E-state index is 13.0. The molecule has 130 valence electrons. The van der Waals surface area contributed by atoms with E-state index in [1.807, 2.05) is 0 Å². The fourth-order valence-corrected chi connectivity index (χ4v) is 3.68. The first-order chi connectivity index (χ1) is 12.1. The Balaban J connectivity index is 1.74. The smallest absolute Gasteiger partial charge is 0.266 e. The number of carbonyl (C=O) groups is 1. The number of methoxy groups -OCH3 is 1. The summed E-state index contributed by atoms with van der Waals surface area (Å²) in [7, 11) is 1.62. The highest BCUT2D eigenvalue weighted by molar-refractivity contribution is 8.26. The highest BCUT2D eigenvalue weighted by Gasteiger charge is 2.31. The molecule has 7 heteroatoms. The summed E-state index contributed by atoms with van der Waals surface area (Å²) in [4.78, 5) is 14.6. The van der Waals surface area contributed by atoms with Crippen molar-refractivity contribution in [3.05, 3.63) is 52.9 Å². The van der Waals surface area contributed by atoms with Crippen LogP contribution >= 0.6 is 24.0 Å². The molecule has 2 heterocycles. The lowest BCUT2D eigenvalue weighted by atomic mass is 10.2. The highest BCUT2D eigenvalue weighted by Crippen LogP contribution is 2.33. The van der Waals surface area contributed by atoms with Gasteiger partial charge in [-0.1, -0.05) is 24.0 Å². The second kappa shape index (κ2) is 7.95. The topological polar surface area (TPSA) is 42.7 Å². The summed E-state index contributed by atoms with van der Waals surface area (Å²) in [5.74, 6) is 0.747. The second-order valence-corrected chi connectivity index (χ2v) is 7.06. The summed E-state index contributed by atoms with van der Waals surface area (Å²) in [6.45, 7) is 1.12. The van der Waals surface area contributed by atoms with E-state index < -0.39 is 0 Å². The van der Waals surface area contributed by atoms with E-state index in [2.05, 4.69) is 0 Å². The highest BCUT2D eigenvalue weighted by atomic mass is 32.2. The van der Waals surface area contributed by atoms with Crippen molar-refractivity contribution in [2.24, 2.45) is 0 Å². The minimum Gasteiger partial charge on any atom is -0.457 e. The quantitative estimate of drug-likeness (QED) is 0.426. The van der Waals surface area contributed by atoms with E-state index >= 15 is 0 Å². The Labute approximate surface area is 154 Å². The molecule has 1 aromatic heterocycles. The maximum Gasteiger partial charge on any atom is 0.266 e. The van der Waals surface area contributed by atoms with Gasteiger partial charge in [-0.2, -0.15) is 0 Å². The third kappa shape index (κ3) is 4.18. The Morgan fingerprint density at radius 3 is 2.76 bits per heavy atom. The lowest BCUT2D eigenvalue weighted by molar-refractivity contribution is -0.122. The normalized spacial score (nSPS) is 16.2. The van der Waals surface area contributed by atoms with Crippen LogP contribution in [0.2, 0.25) is 0 Å². The average Bonchev–Trinajstić information content (AvgIpc) is 3.16. The van der Waals surface area contributed by atoms with Gasteiger partial charge in [0, 0.05) is 31.9 Å². The molecule has 0 spiro atoms. The number of ether oxygens (including phenoxy) is 1. The van der Waals surface area contributed by atoms with Crippen LogP contribution in [-0.4, -0.2) is 35.4 Å². The number of rotatable bonds is 6. The van der Waals surface area contributed by atoms with Gasteiger partial charge in [0.2, 0.25) is 0 Å². The monoisotopic (exact) mass is 377 g/mol. The number of carbonyl (C=O) groups excluding carboxylic acids is 1. The average molecular weight is 377 g/mol. The van der Waals surface area contributed by atoms with Gasteiger partial charge in [0.1, 0.15) is 21.7 Å². The minimum atomic E-state index is -0.298. The first-order valence-corrected chi connectivity index (χ1v) is 8.91. The Morgan fingerprint density at radius 1 is 1.28 bits per heavy atom. The molecule has 1 aliphatic heterocycles. The van der Waals surface area contributed by atoms with Gasteiger partial charge in [0.05, 0.1) is 4.91 Å². The Bertz CT molecular complexity index is 814. The van der Waals surface area contributed by atoms with Crippen molar-refractivity contribution in [1.29, 1.82) is 0 Å². The van der Waals surface area contributed by atoms with Crippen molar-refractivity contribution >= 4 is 40.3 Å². The van der Waals surface area contributed by atoms with Crippen LogP contribution in [0.4, 0.5) is 4.39 Å². The van der Waals surface area contributed by atoms with Crippen LogP contribution in [0.15, 0.2) is 45.7 Å². The molecule has 25 heavy (non-hydrogen) atoms. The largest absolute Gasteiger partial charge is 0.457 e. The van der Waals surface area contributed by atoms with Gasteiger partial charge in [-0.25, -0.2) is 4.39 Å². The summed E-state index contributed by atoms with van der Waals surface area (Å²) >= 11 is 6.53. The molecule has 4 nitrogen and oxygen atoms in total. The second-order valence-electron chi connectivity index (χ2n) is 5.39. The zero-order chi connectivity index (χ0) is 17.8. The zero-order valence-corrected chi connectivity index (χ0v) is 15.2. The van der Waals surface area contributed by atoms with E-state index in [9.17, 15) is 9.18 Å². The lowest BCUT2D eigenvalue weighted by Crippen LogP contribution is -2.29. The number of hydrogen-bond donors (Lipinski definition) is 0. The summed E-state index contributed by atoms with van der Waals surface area (Å²) in [6.07, 6.45) is 2.41. The van der Waals surface area contributed by atoms with Crippen LogP contribution in [-0.2, 0) is 9.53 Å². The molecule has 0 unspecified atom stereocenters. The molecule has 1 saturated heterocycles. The molecule has 0 saturated carbocycles. The molecule has 2 aromatic rings. The number of benzene rings is 1. The first-order valence-electron chi connectivity index (χ1n) is 7.68. The standard InChI is InChI=1S/C18H16FNO3S2/c1-22-10-2-9-20-17(21)16(25-18(20)24)11-14-7-8-15(23-14)12-3-5-13(19)6-4-12/h3-8,11H,2,9-10H2,1H3. The first kappa shape index (κ1) is 17.8. The molecule has 0 radical (unpaired) electrons. The molecule has 1 amide bonds. The van der Waals surface area contributed by atoms with Gasteiger partial charge in [0.15, 0.2) is 0 Å². The van der Waals surface area contributed by atoms with Gasteiger partial charge in [-0.15, -0.1) is 0 Å². The zero-order valence-electron chi connectivity index (χ0n) is 13.5. The molecule has 0 aliphatic carbocycles. The number of thiocarbonyl (C=S) groups is 1. The number of halogens is 1. The summed E-state index contributed by atoms with van der Waals surface area (Å²) in [6, 6.07) is 9.61. The van der Waals surface area contributed by atoms with Gasteiger partial charge < -0.3 is 9.15 Å². The molecule has 3 rings (SSSR count). The fourth-order valence-electron chi connectivity index (χ4n) is 2.39. The van der Waals surface area contributed by atoms with Crippen LogP contribution in [0.25, 0.3) is 17.4 Å². The van der Waals surface area contributed by atoms with Crippen LogP contribution in [0, 0.1) is 5.82 Å². The van der Waals surface area contributed by atoms with E-state index in [1.165, 1.54) is 23.9 Å². The molecule has 1 aliphatic rings. The summed E-state index contributed by atoms with van der Waals surface area (Å²) in [5.41, 5.74) is 0.771. The third-order valence-electron chi connectivity index (χ3n) is 3.63. The molecule has 0 bridgehead atoms. The summed E-state index contributed by atoms with van der Waals surface area (Å²) < 4.78 is 24.3. The van der Waals surface area contributed by atoms with Crippen molar-refractivity contribution in [3.8, 4) is 11.3 Å². The van der Waals surface area contributed by atoms with Crippen LogP contribution < -0.4 is 0 Å². The van der Waals surface area contributed by atoms with E-state index in [0.717, 1.165) is 12.0 Å². The molecule has 1 fully saturated rings. The Morgan fingerprint density at radius 2 is 2.04 bits per heavy atom. The van der Waals surface area contributed by atoms with E-state index in [4.69, 9.17) is 21.4 Å². The van der Waals surface area contributed by atoms with Crippen LogP contribution in [0.5, 0.6) is 0 Å². The number of furan rings is 1. The van der Waals surface area contributed by atoms with E-state index in [1.54, 1.807) is 42.4 Å². The van der Waals surface area contributed by atoms with Gasteiger partial charge >= 0.3 is 0 Å². The third-order valence-corrected chi connectivity index (χ3v) is 5.01. The Kier molecular flexibility index (Phi) is 5.67. The maximum absolute atomic E-state index is 13.0. The molecule has 0 N–H and O–H groups in total. The van der Waals surface area contributed by atoms with E-state index in [-0.39, 0.29) is 11.7 Å². The van der Waals surface area contributed by atoms with Crippen molar-refractivity contribution in [2.75, 3.05) is 20.3 Å². The van der Waals surface area contributed by atoms with E-state index in [0.29, 0.717) is 33.9 Å².